The molecular formula is C7H5F2OP. The van der Waals surface area contributed by atoms with Crippen LogP contribution in [-0.2, 0) is 0 Å². The van der Waals surface area contributed by atoms with Gasteiger partial charge in [-0.25, -0.2) is 8.78 Å². The van der Waals surface area contributed by atoms with E-state index in [4.69, 9.17) is 0 Å². The van der Waals surface area contributed by atoms with E-state index >= 15 is 0 Å². The van der Waals surface area contributed by atoms with Gasteiger partial charge in [0.1, 0.15) is 11.6 Å². The quantitative estimate of drug-likeness (QED) is 0.463. The molecule has 0 saturated carbocycles. The Bertz CT molecular complexity index is 299. The molecule has 4 heteroatoms. The van der Waals surface area contributed by atoms with E-state index in [1.54, 1.807) is 0 Å². The van der Waals surface area contributed by atoms with Crippen LogP contribution in [0.3, 0.4) is 0 Å². The second-order valence-corrected chi connectivity index (χ2v) is 2.64. The highest BCUT2D eigenvalue weighted by Gasteiger charge is 2.05. The molecule has 11 heavy (non-hydrogen) atoms. The van der Waals surface area contributed by atoms with Gasteiger partial charge in [-0.15, -0.1) is 9.24 Å². The van der Waals surface area contributed by atoms with Gasteiger partial charge in [0.05, 0.1) is 5.56 Å². The summed E-state index contributed by atoms with van der Waals surface area (Å²) in [4.78, 5) is 10.1. The van der Waals surface area contributed by atoms with Crippen molar-refractivity contribution in [1.82, 2.24) is 0 Å². The standard InChI is InChI=1S/C7H5F2OP/c8-5-2-6(9)7(11)1-4(5)3-10/h1-3H,11H2. The lowest BCUT2D eigenvalue weighted by Crippen LogP contribution is -2.02. The first-order valence-corrected chi connectivity index (χ1v) is 3.42. The van der Waals surface area contributed by atoms with Crippen LogP contribution in [0.15, 0.2) is 12.1 Å². The molecule has 1 nitrogen and oxygen atoms in total. The van der Waals surface area contributed by atoms with E-state index in [9.17, 15) is 13.6 Å². The number of hydrogen-bond acceptors (Lipinski definition) is 1. The molecular weight excluding hydrogens is 169 g/mol. The second kappa shape index (κ2) is 3.05. The van der Waals surface area contributed by atoms with Crippen molar-refractivity contribution in [3.63, 3.8) is 0 Å². The van der Waals surface area contributed by atoms with Gasteiger partial charge in [0.25, 0.3) is 0 Å². The zero-order valence-electron chi connectivity index (χ0n) is 5.47. The van der Waals surface area contributed by atoms with Crippen molar-refractivity contribution in [2.75, 3.05) is 0 Å². The lowest BCUT2D eigenvalue weighted by atomic mass is 10.2. The van der Waals surface area contributed by atoms with Crippen LogP contribution in [0.4, 0.5) is 8.78 Å². The molecule has 1 atom stereocenters. The number of halogens is 2. The molecule has 1 aromatic carbocycles. The first kappa shape index (κ1) is 8.28. The molecule has 0 aliphatic heterocycles. The minimum Gasteiger partial charge on any atom is -0.298 e. The van der Waals surface area contributed by atoms with E-state index < -0.39 is 11.6 Å². The zero-order chi connectivity index (χ0) is 8.43. The first-order chi connectivity index (χ1) is 5.15. The van der Waals surface area contributed by atoms with Gasteiger partial charge >= 0.3 is 0 Å². The minimum absolute atomic E-state index is 0.128. The van der Waals surface area contributed by atoms with Crippen LogP contribution in [0.1, 0.15) is 10.4 Å². The third kappa shape index (κ3) is 1.60. The summed E-state index contributed by atoms with van der Waals surface area (Å²) in [7, 11) is 2.07. The van der Waals surface area contributed by atoms with E-state index in [1.807, 2.05) is 0 Å². The summed E-state index contributed by atoms with van der Waals surface area (Å²) in [5.74, 6) is -1.50. The molecule has 0 aliphatic rings. The number of rotatable bonds is 1. The molecule has 0 spiro atoms. The fourth-order valence-corrected chi connectivity index (χ4v) is 0.937. The van der Waals surface area contributed by atoms with Crippen molar-refractivity contribution >= 4 is 20.8 Å². The van der Waals surface area contributed by atoms with Gasteiger partial charge in [0, 0.05) is 11.4 Å². The van der Waals surface area contributed by atoms with Crippen molar-refractivity contribution in [3.8, 4) is 0 Å². The largest absolute Gasteiger partial charge is 0.298 e. The van der Waals surface area contributed by atoms with Gasteiger partial charge in [0.15, 0.2) is 6.29 Å². The van der Waals surface area contributed by atoms with Gasteiger partial charge in [-0.05, 0) is 6.07 Å². The second-order valence-electron chi connectivity index (χ2n) is 2.01. The molecule has 0 bridgehead atoms. The molecule has 1 rings (SSSR count). The van der Waals surface area contributed by atoms with E-state index in [1.165, 1.54) is 0 Å². The normalized spacial score (nSPS) is 9.73. The maximum absolute atomic E-state index is 12.6. The molecule has 0 fully saturated rings. The van der Waals surface area contributed by atoms with Gasteiger partial charge in [-0.2, -0.15) is 0 Å². The Morgan fingerprint density at radius 3 is 2.45 bits per heavy atom. The fraction of sp³-hybridized carbons (Fsp3) is 0. The van der Waals surface area contributed by atoms with Crippen molar-refractivity contribution in [3.05, 3.63) is 29.3 Å². The van der Waals surface area contributed by atoms with E-state index in [0.29, 0.717) is 12.4 Å². The average Bonchev–Trinajstić information content (AvgIpc) is 1.97. The smallest absolute Gasteiger partial charge is 0.153 e. The molecule has 0 aromatic heterocycles. The molecule has 0 N–H and O–H groups in total. The van der Waals surface area contributed by atoms with Gasteiger partial charge in [-0.1, -0.05) is 0 Å². The SMILES string of the molecule is O=Cc1cc(P)c(F)cc1F. The van der Waals surface area contributed by atoms with Crippen LogP contribution in [0, 0.1) is 11.6 Å². The highest BCUT2D eigenvalue weighted by atomic mass is 31.0. The molecule has 1 aromatic rings. The maximum Gasteiger partial charge on any atom is 0.153 e. The summed E-state index contributed by atoms with van der Waals surface area (Å²) < 4.78 is 25.1. The molecule has 0 amide bonds. The predicted octanol–water partition coefficient (Wildman–Crippen LogP) is 1.28. The number of carbonyl (C=O) groups excluding carboxylic acids is 1. The maximum atomic E-state index is 12.6. The van der Waals surface area contributed by atoms with E-state index in [0.717, 1.165) is 6.07 Å². The van der Waals surface area contributed by atoms with Crippen molar-refractivity contribution in [1.29, 1.82) is 0 Å². The molecule has 0 saturated heterocycles. The minimum atomic E-state index is -0.830. The topological polar surface area (TPSA) is 17.1 Å². The molecule has 58 valence electrons. The van der Waals surface area contributed by atoms with Gasteiger partial charge in [0.2, 0.25) is 0 Å². The molecule has 0 aliphatic carbocycles. The van der Waals surface area contributed by atoms with Crippen LogP contribution < -0.4 is 5.30 Å². The number of benzene rings is 1. The molecule has 1 unspecified atom stereocenters. The van der Waals surface area contributed by atoms with Crippen LogP contribution in [0.25, 0.3) is 0 Å². The van der Waals surface area contributed by atoms with Crippen LogP contribution in [-0.4, -0.2) is 6.29 Å². The number of hydrogen-bond donors (Lipinski definition) is 0. The Kier molecular flexibility index (Phi) is 2.30. The van der Waals surface area contributed by atoms with Crippen LogP contribution in [0.5, 0.6) is 0 Å². The fourth-order valence-electron chi connectivity index (χ4n) is 0.674. The van der Waals surface area contributed by atoms with Gasteiger partial charge in [-0.3, -0.25) is 4.79 Å². The average molecular weight is 174 g/mol. The Labute approximate surface area is 64.6 Å². The third-order valence-electron chi connectivity index (χ3n) is 1.24. The summed E-state index contributed by atoms with van der Waals surface area (Å²) >= 11 is 0. The lowest BCUT2D eigenvalue weighted by Gasteiger charge is -1.97. The Balaban J connectivity index is 3.31. The summed E-state index contributed by atoms with van der Waals surface area (Å²) in [5, 5.41) is 0.188. The Morgan fingerprint density at radius 1 is 1.27 bits per heavy atom. The van der Waals surface area contributed by atoms with E-state index in [2.05, 4.69) is 9.24 Å². The van der Waals surface area contributed by atoms with Gasteiger partial charge < -0.3 is 0 Å². The van der Waals surface area contributed by atoms with Crippen molar-refractivity contribution in [2.24, 2.45) is 0 Å². The first-order valence-electron chi connectivity index (χ1n) is 2.85. The van der Waals surface area contributed by atoms with Crippen LogP contribution >= 0.6 is 9.24 Å². The highest BCUT2D eigenvalue weighted by Crippen LogP contribution is 2.07. The lowest BCUT2D eigenvalue weighted by molar-refractivity contribution is 0.112. The zero-order valence-corrected chi connectivity index (χ0v) is 6.63. The summed E-state index contributed by atoms with van der Waals surface area (Å²) in [6.45, 7) is 0. The van der Waals surface area contributed by atoms with Crippen molar-refractivity contribution < 1.29 is 13.6 Å². The molecule has 0 heterocycles. The summed E-state index contributed by atoms with van der Waals surface area (Å²) in [5.41, 5.74) is -0.128. The predicted molar refractivity (Wildman–Crippen MR) is 41.1 cm³/mol. The Morgan fingerprint density at radius 2 is 1.91 bits per heavy atom. The molecule has 0 radical (unpaired) electrons. The Hall–Kier alpha value is -0.820. The van der Waals surface area contributed by atoms with Crippen LogP contribution in [0.2, 0.25) is 0 Å². The third-order valence-corrected chi connectivity index (χ3v) is 1.69. The number of aldehydes is 1. The van der Waals surface area contributed by atoms with E-state index in [-0.39, 0.29) is 10.9 Å². The monoisotopic (exact) mass is 174 g/mol. The van der Waals surface area contributed by atoms with Crippen molar-refractivity contribution in [2.45, 2.75) is 0 Å². The highest BCUT2D eigenvalue weighted by molar-refractivity contribution is 7.27. The summed E-state index contributed by atoms with van der Waals surface area (Å²) in [6.07, 6.45) is 0.350. The number of carbonyl (C=O) groups is 1. The summed E-state index contributed by atoms with van der Waals surface area (Å²) in [6, 6.07) is 1.83.